The maximum absolute atomic E-state index is 8.77. The number of nitrogens with zero attached hydrogens (tertiary/aromatic N) is 1. The molecule has 0 bridgehead atoms. The van der Waals surface area contributed by atoms with Gasteiger partial charge in [-0.25, -0.2) is 0 Å². The largest absolute Gasteiger partial charge is 0.391 e. The lowest BCUT2D eigenvalue weighted by Crippen LogP contribution is -2.43. The summed E-state index contributed by atoms with van der Waals surface area (Å²) < 4.78 is 0.926. The topological polar surface area (TPSA) is 20.2 Å². The second-order valence-electron chi connectivity index (χ2n) is 4.08. The zero-order valence-corrected chi connectivity index (χ0v) is 7.67. The Balaban J connectivity index is 2.23. The quantitative estimate of drug-likeness (QED) is 0.467. The Kier molecular flexibility index (Phi) is 2.35. The van der Waals surface area contributed by atoms with Gasteiger partial charge in [0.2, 0.25) is 0 Å². The molecule has 11 heavy (non-hydrogen) atoms. The molecule has 1 N–H and O–H groups in total. The molecular weight excluding hydrogens is 138 g/mol. The van der Waals surface area contributed by atoms with Gasteiger partial charge < -0.3 is 9.59 Å². The Morgan fingerprint density at radius 2 is 2.09 bits per heavy atom. The van der Waals surface area contributed by atoms with Gasteiger partial charge in [-0.3, -0.25) is 0 Å². The highest BCUT2D eigenvalue weighted by Crippen LogP contribution is 2.29. The first-order chi connectivity index (χ1) is 5.05. The molecule has 0 fully saturated rings. The summed E-state index contributed by atoms with van der Waals surface area (Å²) in [5, 5.41) is 8.77. The normalized spacial score (nSPS) is 23.3. The average Bonchev–Trinajstić information content (AvgIpc) is 2.44. The van der Waals surface area contributed by atoms with Gasteiger partial charge >= 0.3 is 0 Å². The third-order valence-corrected chi connectivity index (χ3v) is 2.34. The van der Waals surface area contributed by atoms with Gasteiger partial charge in [-0.1, -0.05) is 11.6 Å². The molecule has 0 aromatic carbocycles. The van der Waals surface area contributed by atoms with E-state index in [0.29, 0.717) is 6.61 Å². The summed E-state index contributed by atoms with van der Waals surface area (Å²) in [6.45, 7) is 4.46. The summed E-state index contributed by atoms with van der Waals surface area (Å²) in [4.78, 5) is 0. The van der Waals surface area contributed by atoms with Crippen molar-refractivity contribution < 1.29 is 9.59 Å². The van der Waals surface area contributed by atoms with Crippen LogP contribution in [0.2, 0.25) is 0 Å². The van der Waals surface area contributed by atoms with Gasteiger partial charge in [-0.15, -0.1) is 0 Å². The van der Waals surface area contributed by atoms with Crippen LogP contribution in [-0.2, 0) is 0 Å². The van der Waals surface area contributed by atoms with Crippen LogP contribution in [0.1, 0.15) is 6.92 Å². The second-order valence-corrected chi connectivity index (χ2v) is 4.08. The zero-order chi connectivity index (χ0) is 8.48. The lowest BCUT2D eigenvalue weighted by molar-refractivity contribution is -0.892. The van der Waals surface area contributed by atoms with Crippen molar-refractivity contribution in [3.05, 3.63) is 11.6 Å². The summed E-state index contributed by atoms with van der Waals surface area (Å²) in [5.74, 6) is 0.719. The van der Waals surface area contributed by atoms with E-state index in [2.05, 4.69) is 27.1 Å². The summed E-state index contributed by atoms with van der Waals surface area (Å²) in [5.41, 5.74) is 1.51. The third-order valence-electron chi connectivity index (χ3n) is 2.34. The number of hydrogen-bond donors (Lipinski definition) is 1. The highest BCUT2D eigenvalue weighted by molar-refractivity contribution is 5.26. The van der Waals surface area contributed by atoms with Crippen molar-refractivity contribution in [2.24, 2.45) is 5.92 Å². The molecule has 0 aromatic heterocycles. The molecule has 1 aliphatic rings. The van der Waals surface area contributed by atoms with E-state index in [1.165, 1.54) is 5.57 Å². The first-order valence-electron chi connectivity index (χ1n) is 4.16. The summed E-state index contributed by atoms with van der Waals surface area (Å²) >= 11 is 0. The smallest absolute Gasteiger partial charge is 0.102 e. The minimum atomic E-state index is 0.290. The molecule has 2 heteroatoms. The number of hydrogen-bond acceptors (Lipinski definition) is 1. The minimum absolute atomic E-state index is 0.290. The third kappa shape index (κ3) is 2.64. The predicted octanol–water partition coefficient (Wildman–Crippen LogP) is 0.631. The van der Waals surface area contributed by atoms with E-state index in [0.717, 1.165) is 23.5 Å². The predicted molar refractivity (Wildman–Crippen MR) is 46.2 cm³/mol. The van der Waals surface area contributed by atoms with Gasteiger partial charge in [0.15, 0.2) is 0 Å². The number of aliphatic hydroxyl groups excluding tert-OH is 1. The summed E-state index contributed by atoms with van der Waals surface area (Å²) in [7, 11) is 4.32. The van der Waals surface area contributed by atoms with Crippen LogP contribution in [0.4, 0.5) is 0 Å². The van der Waals surface area contributed by atoms with Crippen molar-refractivity contribution >= 4 is 0 Å². The molecule has 0 saturated heterocycles. The molecule has 2 nitrogen and oxygen atoms in total. The van der Waals surface area contributed by atoms with E-state index in [4.69, 9.17) is 5.11 Å². The molecule has 1 aliphatic carbocycles. The highest BCUT2D eigenvalue weighted by atomic mass is 16.3. The van der Waals surface area contributed by atoms with E-state index >= 15 is 0 Å². The first kappa shape index (κ1) is 8.75. The maximum atomic E-state index is 8.77. The SMILES string of the molecule is CC1=CC1C[N+](C)(C)CCO. The Hall–Kier alpha value is -0.340. The number of aliphatic hydroxyl groups is 1. The molecule has 0 amide bonds. The van der Waals surface area contributed by atoms with Crippen molar-refractivity contribution in [1.82, 2.24) is 0 Å². The second kappa shape index (κ2) is 2.95. The zero-order valence-electron chi connectivity index (χ0n) is 7.67. The summed E-state index contributed by atoms with van der Waals surface area (Å²) in [6.07, 6.45) is 2.29. The van der Waals surface area contributed by atoms with Gasteiger partial charge in [0.1, 0.15) is 6.54 Å². The molecule has 1 unspecified atom stereocenters. The van der Waals surface area contributed by atoms with Crippen LogP contribution < -0.4 is 0 Å². The molecule has 0 heterocycles. The van der Waals surface area contributed by atoms with Crippen LogP contribution in [0.5, 0.6) is 0 Å². The fourth-order valence-electron chi connectivity index (χ4n) is 1.36. The van der Waals surface area contributed by atoms with Crippen LogP contribution in [0.25, 0.3) is 0 Å². The fourth-order valence-corrected chi connectivity index (χ4v) is 1.36. The van der Waals surface area contributed by atoms with E-state index in [9.17, 15) is 0 Å². The van der Waals surface area contributed by atoms with Crippen LogP contribution in [0.3, 0.4) is 0 Å². The van der Waals surface area contributed by atoms with E-state index in [1.807, 2.05) is 0 Å². The van der Waals surface area contributed by atoms with E-state index in [-0.39, 0.29) is 0 Å². The molecule has 0 radical (unpaired) electrons. The lowest BCUT2D eigenvalue weighted by atomic mass is 10.2. The Morgan fingerprint density at radius 1 is 1.55 bits per heavy atom. The van der Waals surface area contributed by atoms with Crippen LogP contribution >= 0.6 is 0 Å². The molecule has 1 rings (SSSR count). The van der Waals surface area contributed by atoms with Gasteiger partial charge in [0.05, 0.1) is 27.2 Å². The Bertz CT molecular complexity index is 172. The number of rotatable bonds is 4. The van der Waals surface area contributed by atoms with Crippen molar-refractivity contribution in [3.63, 3.8) is 0 Å². The molecule has 1 atom stereocenters. The molecule has 0 aliphatic heterocycles. The van der Waals surface area contributed by atoms with Crippen molar-refractivity contribution in [3.8, 4) is 0 Å². The molecule has 64 valence electrons. The minimum Gasteiger partial charge on any atom is -0.391 e. The molecular formula is C9H18NO+. The van der Waals surface area contributed by atoms with Gasteiger partial charge in [-0.05, 0) is 6.92 Å². The maximum Gasteiger partial charge on any atom is 0.102 e. The summed E-state index contributed by atoms with van der Waals surface area (Å²) in [6, 6.07) is 0. The number of likely N-dealkylation sites (N-methyl/N-ethyl adjacent to an activating group) is 1. The van der Waals surface area contributed by atoms with E-state index < -0.39 is 0 Å². The van der Waals surface area contributed by atoms with E-state index in [1.54, 1.807) is 0 Å². The van der Waals surface area contributed by atoms with Crippen molar-refractivity contribution in [1.29, 1.82) is 0 Å². The fraction of sp³-hybridized carbons (Fsp3) is 0.778. The molecule has 0 saturated carbocycles. The van der Waals surface area contributed by atoms with Crippen molar-refractivity contribution in [2.75, 3.05) is 33.8 Å². The highest BCUT2D eigenvalue weighted by Gasteiger charge is 2.28. The van der Waals surface area contributed by atoms with Crippen LogP contribution in [0, 0.1) is 5.92 Å². The van der Waals surface area contributed by atoms with Gasteiger partial charge in [0.25, 0.3) is 0 Å². The molecule has 0 aromatic rings. The van der Waals surface area contributed by atoms with Crippen LogP contribution in [-0.4, -0.2) is 43.4 Å². The Morgan fingerprint density at radius 3 is 2.45 bits per heavy atom. The first-order valence-corrected chi connectivity index (χ1v) is 4.16. The number of quaternary nitrogens is 1. The van der Waals surface area contributed by atoms with Gasteiger partial charge in [0, 0.05) is 5.92 Å². The lowest BCUT2D eigenvalue weighted by Gasteiger charge is -2.29. The monoisotopic (exact) mass is 156 g/mol. The molecule has 0 spiro atoms. The van der Waals surface area contributed by atoms with Crippen LogP contribution in [0.15, 0.2) is 11.6 Å². The Labute approximate surface area is 68.7 Å². The van der Waals surface area contributed by atoms with Gasteiger partial charge in [-0.2, -0.15) is 0 Å². The standard InChI is InChI=1S/C9H18NO/c1-8-6-9(8)7-10(2,3)4-5-11/h6,9,11H,4-5,7H2,1-3H3/q+1. The van der Waals surface area contributed by atoms with Crippen molar-refractivity contribution in [2.45, 2.75) is 6.92 Å². The average molecular weight is 156 g/mol.